The van der Waals surface area contributed by atoms with E-state index in [2.05, 4.69) is 6.07 Å². The molecule has 2 aromatic carbocycles. The minimum atomic E-state index is -0.420. The second-order valence-corrected chi connectivity index (χ2v) is 5.86. The van der Waals surface area contributed by atoms with E-state index in [1.165, 1.54) is 0 Å². The van der Waals surface area contributed by atoms with E-state index in [0.717, 1.165) is 11.1 Å². The van der Waals surface area contributed by atoms with Crippen LogP contribution in [0.3, 0.4) is 0 Å². The lowest BCUT2D eigenvalue weighted by Gasteiger charge is -2.19. The van der Waals surface area contributed by atoms with Gasteiger partial charge in [0.25, 0.3) is 0 Å². The van der Waals surface area contributed by atoms with Crippen molar-refractivity contribution >= 4 is 0 Å². The predicted molar refractivity (Wildman–Crippen MR) is 90.0 cm³/mol. The van der Waals surface area contributed by atoms with Gasteiger partial charge in [0.05, 0.1) is 32.0 Å². The largest absolute Gasteiger partial charge is 0.374 e. The Balaban J connectivity index is 1.50. The van der Waals surface area contributed by atoms with Crippen LogP contribution in [0.25, 0.3) is 0 Å². The highest BCUT2D eigenvalue weighted by Gasteiger charge is 2.36. The quantitative estimate of drug-likeness (QED) is 0.783. The average Bonchev–Trinajstić information content (AvgIpc) is 3.04. The molecule has 24 heavy (non-hydrogen) atoms. The fraction of sp³-hybridized carbons (Fsp3) is 0.350. The molecular weight excluding hydrogens is 302 g/mol. The van der Waals surface area contributed by atoms with Crippen LogP contribution in [0.4, 0.5) is 0 Å². The number of benzene rings is 2. The normalized spacial score (nSPS) is 23.0. The molecule has 1 aliphatic heterocycles. The molecule has 0 spiro atoms. The Hall–Kier alpha value is -2.19. The van der Waals surface area contributed by atoms with E-state index in [0.29, 0.717) is 26.2 Å². The van der Waals surface area contributed by atoms with Gasteiger partial charge in [-0.2, -0.15) is 5.26 Å². The Morgan fingerprint density at radius 2 is 1.58 bits per heavy atom. The summed E-state index contributed by atoms with van der Waals surface area (Å²) in [4.78, 5) is 0. The van der Waals surface area contributed by atoms with Gasteiger partial charge in [0.15, 0.2) is 0 Å². The van der Waals surface area contributed by atoms with Crippen LogP contribution >= 0.6 is 0 Å². The molecule has 1 aliphatic rings. The summed E-state index contributed by atoms with van der Waals surface area (Å²) in [5, 5.41) is 9.12. The zero-order valence-electron chi connectivity index (χ0n) is 13.5. The van der Waals surface area contributed by atoms with E-state index in [1.807, 2.05) is 60.7 Å². The number of hydrogen-bond donors (Lipinski definition) is 0. The van der Waals surface area contributed by atoms with Gasteiger partial charge < -0.3 is 14.2 Å². The van der Waals surface area contributed by atoms with Crippen molar-refractivity contribution < 1.29 is 14.2 Å². The van der Waals surface area contributed by atoms with Crippen molar-refractivity contribution in [2.24, 2.45) is 0 Å². The molecule has 4 heteroatoms. The summed E-state index contributed by atoms with van der Waals surface area (Å²) in [6, 6.07) is 22.2. The van der Waals surface area contributed by atoms with Crippen molar-refractivity contribution in [2.75, 3.05) is 6.61 Å². The van der Waals surface area contributed by atoms with Crippen LogP contribution in [0.5, 0.6) is 0 Å². The van der Waals surface area contributed by atoms with Crippen molar-refractivity contribution in [3.63, 3.8) is 0 Å². The second-order valence-electron chi connectivity index (χ2n) is 5.86. The fourth-order valence-electron chi connectivity index (χ4n) is 2.77. The molecule has 0 amide bonds. The van der Waals surface area contributed by atoms with Crippen molar-refractivity contribution in [2.45, 2.75) is 37.9 Å². The Bertz CT molecular complexity index is 654. The summed E-state index contributed by atoms with van der Waals surface area (Å²) < 4.78 is 17.5. The van der Waals surface area contributed by atoms with Crippen molar-refractivity contribution in [3.05, 3.63) is 71.8 Å². The Labute approximate surface area is 142 Å². The summed E-state index contributed by atoms with van der Waals surface area (Å²) in [6.45, 7) is 1.47. The molecule has 1 saturated heterocycles. The van der Waals surface area contributed by atoms with E-state index in [-0.39, 0.29) is 12.2 Å². The van der Waals surface area contributed by atoms with E-state index < -0.39 is 6.10 Å². The molecule has 0 bridgehead atoms. The minimum Gasteiger partial charge on any atom is -0.374 e. The van der Waals surface area contributed by atoms with Crippen LogP contribution in [0.1, 0.15) is 17.5 Å². The number of rotatable bonds is 7. The smallest absolute Gasteiger partial charge is 0.147 e. The molecule has 2 aromatic rings. The van der Waals surface area contributed by atoms with Crippen LogP contribution in [-0.2, 0) is 27.4 Å². The number of nitriles is 1. The molecule has 1 unspecified atom stereocenters. The van der Waals surface area contributed by atoms with E-state index in [1.54, 1.807) is 0 Å². The van der Waals surface area contributed by atoms with E-state index in [4.69, 9.17) is 19.5 Å². The maximum atomic E-state index is 9.12. The maximum absolute atomic E-state index is 9.12. The highest BCUT2D eigenvalue weighted by atomic mass is 16.6. The van der Waals surface area contributed by atoms with Gasteiger partial charge in [-0.1, -0.05) is 60.7 Å². The minimum absolute atomic E-state index is 0.120. The van der Waals surface area contributed by atoms with Crippen LogP contribution in [0.2, 0.25) is 0 Å². The molecule has 0 radical (unpaired) electrons. The summed E-state index contributed by atoms with van der Waals surface area (Å²) in [6.07, 6.45) is -0.160. The Morgan fingerprint density at radius 1 is 0.958 bits per heavy atom. The summed E-state index contributed by atoms with van der Waals surface area (Å²) in [5.74, 6) is 0. The predicted octanol–water partition coefficient (Wildman–Crippen LogP) is 3.47. The molecule has 0 N–H and O–H groups in total. The highest BCUT2D eigenvalue weighted by Crippen LogP contribution is 2.24. The van der Waals surface area contributed by atoms with Gasteiger partial charge in [0.2, 0.25) is 0 Å². The van der Waals surface area contributed by atoms with Gasteiger partial charge in [0.1, 0.15) is 12.2 Å². The molecule has 124 valence electrons. The first-order chi connectivity index (χ1) is 11.8. The third-order valence-electron chi connectivity index (χ3n) is 4.04. The molecule has 3 rings (SSSR count). The van der Waals surface area contributed by atoms with Crippen molar-refractivity contribution in [1.29, 1.82) is 5.26 Å². The lowest BCUT2D eigenvalue weighted by molar-refractivity contribution is -0.0652. The molecule has 0 aliphatic carbocycles. The third-order valence-corrected chi connectivity index (χ3v) is 4.04. The second kappa shape index (κ2) is 8.60. The molecular formula is C20H21NO3. The van der Waals surface area contributed by atoms with Gasteiger partial charge in [0, 0.05) is 6.42 Å². The monoisotopic (exact) mass is 323 g/mol. The highest BCUT2D eigenvalue weighted by molar-refractivity contribution is 5.14. The number of ether oxygens (including phenoxy) is 3. The van der Waals surface area contributed by atoms with Gasteiger partial charge in [-0.15, -0.1) is 0 Å². The lowest BCUT2D eigenvalue weighted by atomic mass is 10.1. The standard InChI is InChI=1S/C20H21NO3/c21-12-18-11-19(23-14-17-9-5-2-6-10-17)20(24-18)15-22-13-16-7-3-1-4-8-16/h1-10,18-20H,11,13-15H2/t18?,19-,20+/m0/s1. The Morgan fingerprint density at radius 3 is 2.21 bits per heavy atom. The SMILES string of the molecule is N#CC1C[C@H](OCc2ccccc2)[C@@H](COCc2ccccc2)O1. The molecule has 1 heterocycles. The zero-order chi connectivity index (χ0) is 16.6. The molecule has 0 saturated carbocycles. The first kappa shape index (κ1) is 16.7. The average molecular weight is 323 g/mol. The number of nitrogens with zero attached hydrogens (tertiary/aromatic N) is 1. The Kier molecular flexibility index (Phi) is 5.97. The van der Waals surface area contributed by atoms with Crippen LogP contribution in [0.15, 0.2) is 60.7 Å². The molecule has 4 nitrogen and oxygen atoms in total. The van der Waals surface area contributed by atoms with Crippen molar-refractivity contribution in [1.82, 2.24) is 0 Å². The van der Waals surface area contributed by atoms with Gasteiger partial charge in [-0.25, -0.2) is 0 Å². The zero-order valence-corrected chi connectivity index (χ0v) is 13.5. The van der Waals surface area contributed by atoms with Gasteiger partial charge in [-0.3, -0.25) is 0 Å². The lowest BCUT2D eigenvalue weighted by Crippen LogP contribution is -2.29. The van der Waals surface area contributed by atoms with E-state index in [9.17, 15) is 0 Å². The van der Waals surface area contributed by atoms with Gasteiger partial charge in [-0.05, 0) is 11.1 Å². The van der Waals surface area contributed by atoms with Crippen LogP contribution in [0, 0.1) is 11.3 Å². The number of hydrogen-bond acceptors (Lipinski definition) is 4. The fourth-order valence-corrected chi connectivity index (χ4v) is 2.77. The topological polar surface area (TPSA) is 51.5 Å². The molecule has 3 atom stereocenters. The van der Waals surface area contributed by atoms with Crippen LogP contribution < -0.4 is 0 Å². The summed E-state index contributed by atoms with van der Waals surface area (Å²) >= 11 is 0. The third kappa shape index (κ3) is 4.65. The van der Waals surface area contributed by atoms with Crippen molar-refractivity contribution in [3.8, 4) is 6.07 Å². The molecule has 1 fully saturated rings. The van der Waals surface area contributed by atoms with Gasteiger partial charge >= 0.3 is 0 Å². The van der Waals surface area contributed by atoms with E-state index >= 15 is 0 Å². The summed E-state index contributed by atoms with van der Waals surface area (Å²) in [5.41, 5.74) is 2.23. The first-order valence-corrected chi connectivity index (χ1v) is 8.17. The first-order valence-electron chi connectivity index (χ1n) is 8.17. The maximum Gasteiger partial charge on any atom is 0.147 e. The van der Waals surface area contributed by atoms with Crippen LogP contribution in [-0.4, -0.2) is 24.9 Å². The molecule has 0 aromatic heterocycles. The summed E-state index contributed by atoms with van der Waals surface area (Å²) in [7, 11) is 0.